The quantitative estimate of drug-likeness (QED) is 0.505. The Hall–Kier alpha value is -3.26. The number of aromatic nitrogens is 2. The summed E-state index contributed by atoms with van der Waals surface area (Å²) in [7, 11) is 0. The molecule has 160 valence electrons. The molecule has 3 N–H and O–H groups in total. The van der Waals surface area contributed by atoms with Gasteiger partial charge in [0.2, 0.25) is 5.91 Å². The van der Waals surface area contributed by atoms with Crippen molar-refractivity contribution in [3.8, 4) is 0 Å². The molecule has 1 fully saturated rings. The van der Waals surface area contributed by atoms with E-state index in [0.717, 1.165) is 22.6 Å². The molecule has 0 bridgehead atoms. The third-order valence-electron chi connectivity index (χ3n) is 5.41. The van der Waals surface area contributed by atoms with E-state index in [1.165, 1.54) is 12.1 Å². The van der Waals surface area contributed by atoms with Crippen molar-refractivity contribution in [2.45, 2.75) is 32.4 Å². The van der Waals surface area contributed by atoms with E-state index in [1.807, 2.05) is 32.0 Å². The standard InChI is InChI=1S/C23H24FN5OS/c1-14-13-18(15(2)26-14)22-21(19-5-3-4-11-25-19)28-23(31)29(22)12-10-20(30)27-17-8-6-16(24)7-9-17/h3-9,11,13,21-22,26H,10,12H2,1-2H3,(H,27,30)(H,28,31)/t21-,22-/m1/s1. The fourth-order valence-electron chi connectivity index (χ4n) is 4.02. The number of halogens is 1. The predicted molar refractivity (Wildman–Crippen MR) is 122 cm³/mol. The van der Waals surface area contributed by atoms with E-state index >= 15 is 0 Å². The van der Waals surface area contributed by atoms with Crippen LogP contribution in [0.15, 0.2) is 54.7 Å². The van der Waals surface area contributed by atoms with Gasteiger partial charge >= 0.3 is 0 Å². The molecule has 4 rings (SSSR count). The van der Waals surface area contributed by atoms with Crippen LogP contribution in [0.25, 0.3) is 0 Å². The highest BCUT2D eigenvalue weighted by atomic mass is 32.1. The topological polar surface area (TPSA) is 73.1 Å². The van der Waals surface area contributed by atoms with Crippen LogP contribution in [0, 0.1) is 19.7 Å². The van der Waals surface area contributed by atoms with E-state index in [4.69, 9.17) is 12.2 Å². The summed E-state index contributed by atoms with van der Waals surface area (Å²) in [5.74, 6) is -0.497. The number of benzene rings is 1. The van der Waals surface area contributed by atoms with Crippen molar-refractivity contribution in [1.82, 2.24) is 20.2 Å². The van der Waals surface area contributed by atoms with Crippen LogP contribution >= 0.6 is 12.2 Å². The number of anilines is 1. The number of amides is 1. The molecule has 3 heterocycles. The van der Waals surface area contributed by atoms with Crippen molar-refractivity contribution in [3.63, 3.8) is 0 Å². The van der Waals surface area contributed by atoms with Crippen molar-refractivity contribution in [2.24, 2.45) is 0 Å². The maximum atomic E-state index is 13.1. The lowest BCUT2D eigenvalue weighted by Gasteiger charge is -2.27. The number of hydrogen-bond donors (Lipinski definition) is 3. The molecule has 3 aromatic rings. The number of carbonyl (C=O) groups is 1. The average molecular weight is 438 g/mol. The second kappa shape index (κ2) is 8.85. The SMILES string of the molecule is Cc1cc([C@@H]2[C@@H](c3ccccn3)NC(=S)N2CCC(=O)Nc2ccc(F)cc2)c(C)[nH]1. The number of aryl methyl sites for hydroxylation is 2. The lowest BCUT2D eigenvalue weighted by molar-refractivity contribution is -0.116. The molecule has 0 radical (unpaired) electrons. The van der Waals surface area contributed by atoms with E-state index in [-0.39, 0.29) is 30.2 Å². The number of aromatic amines is 1. The first-order valence-electron chi connectivity index (χ1n) is 10.1. The first kappa shape index (κ1) is 21.0. The van der Waals surface area contributed by atoms with Crippen molar-refractivity contribution >= 4 is 28.9 Å². The van der Waals surface area contributed by atoms with Crippen LogP contribution in [0.5, 0.6) is 0 Å². The van der Waals surface area contributed by atoms with Gasteiger partial charge in [0.1, 0.15) is 5.82 Å². The fraction of sp³-hybridized carbons (Fsp3) is 0.261. The number of nitrogens with one attached hydrogen (secondary N) is 3. The second-order valence-electron chi connectivity index (χ2n) is 7.66. The molecule has 6 nitrogen and oxygen atoms in total. The van der Waals surface area contributed by atoms with Gasteiger partial charge in [-0.15, -0.1) is 0 Å². The summed E-state index contributed by atoms with van der Waals surface area (Å²) >= 11 is 5.64. The van der Waals surface area contributed by atoms with Crippen molar-refractivity contribution in [2.75, 3.05) is 11.9 Å². The maximum Gasteiger partial charge on any atom is 0.226 e. The van der Waals surface area contributed by atoms with E-state index in [1.54, 1.807) is 18.3 Å². The highest BCUT2D eigenvalue weighted by Crippen LogP contribution is 2.40. The number of nitrogens with zero attached hydrogens (tertiary/aromatic N) is 2. The van der Waals surface area contributed by atoms with Crippen molar-refractivity contribution in [3.05, 3.63) is 83.2 Å². The van der Waals surface area contributed by atoms with Gasteiger partial charge in [-0.25, -0.2) is 4.39 Å². The number of hydrogen-bond acceptors (Lipinski definition) is 3. The average Bonchev–Trinajstić information content (AvgIpc) is 3.26. The zero-order valence-corrected chi connectivity index (χ0v) is 18.2. The summed E-state index contributed by atoms with van der Waals surface area (Å²) in [6.07, 6.45) is 2.01. The van der Waals surface area contributed by atoms with Gasteiger partial charge in [-0.2, -0.15) is 0 Å². The maximum absolute atomic E-state index is 13.1. The van der Waals surface area contributed by atoms with Crippen molar-refractivity contribution < 1.29 is 9.18 Å². The highest BCUT2D eigenvalue weighted by molar-refractivity contribution is 7.80. The van der Waals surface area contributed by atoms with Gasteiger partial charge in [0, 0.05) is 36.2 Å². The Balaban J connectivity index is 1.54. The molecule has 1 saturated heterocycles. The Morgan fingerprint density at radius 2 is 2.00 bits per heavy atom. The first-order chi connectivity index (χ1) is 14.9. The third kappa shape index (κ3) is 4.59. The van der Waals surface area contributed by atoms with Crippen molar-refractivity contribution in [1.29, 1.82) is 0 Å². The van der Waals surface area contributed by atoms with Gasteiger partial charge < -0.3 is 20.5 Å². The van der Waals surface area contributed by atoms with Gasteiger partial charge in [0.25, 0.3) is 0 Å². The molecule has 1 aromatic carbocycles. The summed E-state index contributed by atoms with van der Waals surface area (Å²) in [6, 6.07) is 13.5. The number of rotatable bonds is 6. The molecule has 0 unspecified atom stereocenters. The summed E-state index contributed by atoms with van der Waals surface area (Å²) in [5, 5.41) is 6.79. The minimum Gasteiger partial charge on any atom is -0.362 e. The van der Waals surface area contributed by atoms with Gasteiger partial charge in [-0.05, 0) is 74.1 Å². The van der Waals surface area contributed by atoms with Crippen LogP contribution in [0.2, 0.25) is 0 Å². The molecular weight excluding hydrogens is 413 g/mol. The van der Waals surface area contributed by atoms with Crippen LogP contribution in [-0.2, 0) is 4.79 Å². The highest BCUT2D eigenvalue weighted by Gasteiger charge is 2.40. The second-order valence-corrected chi connectivity index (χ2v) is 8.04. The first-order valence-corrected chi connectivity index (χ1v) is 10.5. The Kier molecular flexibility index (Phi) is 5.99. The minimum absolute atomic E-state index is 0.0917. The van der Waals surface area contributed by atoms with Crippen LogP contribution in [-0.4, -0.2) is 32.4 Å². The van der Waals surface area contributed by atoms with Gasteiger partial charge in [0.15, 0.2) is 5.11 Å². The summed E-state index contributed by atoms with van der Waals surface area (Å²) in [5.41, 5.74) is 4.72. The van der Waals surface area contributed by atoms with E-state index in [9.17, 15) is 9.18 Å². The molecule has 0 saturated carbocycles. The lowest BCUT2D eigenvalue weighted by atomic mass is 9.96. The molecule has 31 heavy (non-hydrogen) atoms. The molecule has 0 spiro atoms. The Labute approximate surface area is 185 Å². The van der Waals surface area contributed by atoms with E-state index in [0.29, 0.717) is 17.3 Å². The van der Waals surface area contributed by atoms with E-state index in [2.05, 4.69) is 31.6 Å². The summed E-state index contributed by atoms with van der Waals surface area (Å²) in [6.45, 7) is 4.50. The Morgan fingerprint density at radius 3 is 2.65 bits per heavy atom. The smallest absolute Gasteiger partial charge is 0.226 e. The normalized spacial score (nSPS) is 18.2. The fourth-order valence-corrected chi connectivity index (χ4v) is 4.35. The lowest BCUT2D eigenvalue weighted by Crippen LogP contribution is -2.32. The summed E-state index contributed by atoms with van der Waals surface area (Å²) in [4.78, 5) is 22.5. The number of H-pyrrole nitrogens is 1. The Bertz CT molecular complexity index is 1080. The largest absolute Gasteiger partial charge is 0.362 e. The molecule has 2 aromatic heterocycles. The van der Waals surface area contributed by atoms with Gasteiger partial charge in [-0.3, -0.25) is 9.78 Å². The Morgan fingerprint density at radius 1 is 1.23 bits per heavy atom. The van der Waals surface area contributed by atoms with Crippen LogP contribution in [0.3, 0.4) is 0 Å². The summed E-state index contributed by atoms with van der Waals surface area (Å²) < 4.78 is 13.1. The molecule has 1 aliphatic heterocycles. The number of thiocarbonyl (C=S) groups is 1. The van der Waals surface area contributed by atoms with Crippen LogP contribution in [0.1, 0.15) is 41.1 Å². The van der Waals surface area contributed by atoms with E-state index < -0.39 is 0 Å². The molecule has 1 aliphatic rings. The molecular formula is C23H24FN5OS. The van der Waals surface area contributed by atoms with Crippen LogP contribution < -0.4 is 10.6 Å². The molecule has 0 aliphatic carbocycles. The third-order valence-corrected chi connectivity index (χ3v) is 5.77. The number of carbonyl (C=O) groups excluding carboxylic acids is 1. The van der Waals surface area contributed by atoms with Gasteiger partial charge in [0.05, 0.1) is 17.8 Å². The zero-order valence-electron chi connectivity index (χ0n) is 17.4. The number of pyridine rings is 1. The molecule has 1 amide bonds. The minimum atomic E-state index is -0.341. The van der Waals surface area contributed by atoms with Crippen LogP contribution in [0.4, 0.5) is 10.1 Å². The molecule has 2 atom stereocenters. The van der Waals surface area contributed by atoms with Gasteiger partial charge in [-0.1, -0.05) is 6.07 Å². The monoisotopic (exact) mass is 437 g/mol. The zero-order chi connectivity index (χ0) is 22.0. The predicted octanol–water partition coefficient (Wildman–Crippen LogP) is 4.17. The molecule has 8 heteroatoms.